The molecule has 2 amide bonds. The predicted molar refractivity (Wildman–Crippen MR) is 87.2 cm³/mol. The molecule has 1 aliphatic rings. The molecule has 0 aliphatic carbocycles. The van der Waals surface area contributed by atoms with Crippen LogP contribution in [0.4, 0.5) is 0 Å². The Bertz CT molecular complexity index is 562. The van der Waals surface area contributed by atoms with Crippen molar-refractivity contribution in [1.29, 1.82) is 0 Å². The standard InChI is InChI=1S/C18H26N2O2/c1-13(14-9-7-6-8-10-14)20-15(21)11-12-18(20,5)16(22)19-17(2,3)4/h6-10,13H,11-12H2,1-5H3,(H,19,22)/t13-,18?/m1/s1. The largest absolute Gasteiger partial charge is 0.349 e. The van der Waals surface area contributed by atoms with Gasteiger partial charge in [0.2, 0.25) is 11.8 Å². The van der Waals surface area contributed by atoms with Crippen LogP contribution in [-0.2, 0) is 9.59 Å². The smallest absolute Gasteiger partial charge is 0.246 e. The highest BCUT2D eigenvalue weighted by molar-refractivity contribution is 5.94. The highest BCUT2D eigenvalue weighted by atomic mass is 16.2. The van der Waals surface area contributed by atoms with Gasteiger partial charge in [-0.25, -0.2) is 0 Å². The van der Waals surface area contributed by atoms with E-state index in [0.717, 1.165) is 5.56 Å². The van der Waals surface area contributed by atoms with E-state index in [1.807, 2.05) is 65.0 Å². The van der Waals surface area contributed by atoms with E-state index in [-0.39, 0.29) is 23.4 Å². The normalized spacial score (nSPS) is 23.5. The maximum absolute atomic E-state index is 12.8. The van der Waals surface area contributed by atoms with Gasteiger partial charge in [-0.2, -0.15) is 0 Å². The van der Waals surface area contributed by atoms with Crippen LogP contribution in [-0.4, -0.2) is 27.8 Å². The molecule has 1 aliphatic heterocycles. The fraction of sp³-hybridized carbons (Fsp3) is 0.556. The second kappa shape index (κ2) is 5.75. The second-order valence-electron chi connectivity index (χ2n) is 7.33. The van der Waals surface area contributed by atoms with Crippen molar-refractivity contribution in [1.82, 2.24) is 10.2 Å². The number of rotatable bonds is 3. The first-order chi connectivity index (χ1) is 10.1. The summed E-state index contributed by atoms with van der Waals surface area (Å²) in [6, 6.07) is 9.74. The van der Waals surface area contributed by atoms with E-state index in [4.69, 9.17) is 0 Å². The third-order valence-electron chi connectivity index (χ3n) is 4.27. The zero-order chi connectivity index (χ0) is 16.5. The lowest BCUT2D eigenvalue weighted by Gasteiger charge is -2.40. The molecule has 1 heterocycles. The summed E-state index contributed by atoms with van der Waals surface area (Å²) in [5.74, 6) is -0.0310. The molecule has 22 heavy (non-hydrogen) atoms. The van der Waals surface area contributed by atoms with Crippen molar-refractivity contribution < 1.29 is 9.59 Å². The Hall–Kier alpha value is -1.84. The van der Waals surface area contributed by atoms with Crippen molar-refractivity contribution in [3.8, 4) is 0 Å². The van der Waals surface area contributed by atoms with Gasteiger partial charge >= 0.3 is 0 Å². The van der Waals surface area contributed by atoms with Crippen LogP contribution < -0.4 is 5.32 Å². The number of benzene rings is 1. The van der Waals surface area contributed by atoms with E-state index in [1.165, 1.54) is 0 Å². The Morgan fingerprint density at radius 3 is 2.41 bits per heavy atom. The summed E-state index contributed by atoms with van der Waals surface area (Å²) in [7, 11) is 0. The van der Waals surface area contributed by atoms with E-state index < -0.39 is 5.54 Å². The molecule has 1 aromatic rings. The monoisotopic (exact) mass is 302 g/mol. The molecule has 1 fully saturated rings. The Labute approximate surface area is 132 Å². The van der Waals surface area contributed by atoms with Crippen LogP contribution in [0.25, 0.3) is 0 Å². The van der Waals surface area contributed by atoms with Gasteiger partial charge in [0.1, 0.15) is 5.54 Å². The van der Waals surface area contributed by atoms with E-state index in [2.05, 4.69) is 5.32 Å². The molecule has 120 valence electrons. The molecule has 0 bridgehead atoms. The lowest BCUT2D eigenvalue weighted by molar-refractivity contribution is -0.144. The summed E-state index contributed by atoms with van der Waals surface area (Å²) in [4.78, 5) is 26.9. The fourth-order valence-corrected chi connectivity index (χ4v) is 3.09. The number of hydrogen-bond acceptors (Lipinski definition) is 2. The van der Waals surface area contributed by atoms with Crippen LogP contribution in [0.1, 0.15) is 59.1 Å². The number of carbonyl (C=O) groups is 2. The molecule has 0 saturated carbocycles. The summed E-state index contributed by atoms with van der Waals surface area (Å²) in [6.45, 7) is 9.72. The highest BCUT2D eigenvalue weighted by Gasteiger charge is 2.50. The summed E-state index contributed by atoms with van der Waals surface area (Å²) in [5.41, 5.74) is -0.0555. The average Bonchev–Trinajstić information content (AvgIpc) is 2.74. The van der Waals surface area contributed by atoms with Crippen LogP contribution >= 0.6 is 0 Å². The maximum Gasteiger partial charge on any atom is 0.246 e. The molecule has 4 nitrogen and oxygen atoms in total. The van der Waals surface area contributed by atoms with Crippen molar-refractivity contribution in [2.24, 2.45) is 0 Å². The molecule has 2 rings (SSSR count). The molecule has 1 aromatic carbocycles. The molecule has 0 radical (unpaired) electrons. The van der Waals surface area contributed by atoms with Crippen molar-refractivity contribution in [2.75, 3.05) is 0 Å². The van der Waals surface area contributed by atoms with E-state index in [9.17, 15) is 9.59 Å². The van der Waals surface area contributed by atoms with Gasteiger partial charge in [-0.1, -0.05) is 30.3 Å². The molecule has 0 aromatic heterocycles. The van der Waals surface area contributed by atoms with E-state index in [0.29, 0.717) is 12.8 Å². The number of carbonyl (C=O) groups excluding carboxylic acids is 2. The minimum Gasteiger partial charge on any atom is -0.349 e. The quantitative estimate of drug-likeness (QED) is 0.933. The van der Waals surface area contributed by atoms with Crippen LogP contribution in [0.3, 0.4) is 0 Å². The van der Waals surface area contributed by atoms with Gasteiger partial charge in [-0.05, 0) is 46.6 Å². The van der Waals surface area contributed by atoms with Crippen molar-refractivity contribution in [3.63, 3.8) is 0 Å². The summed E-state index contributed by atoms with van der Waals surface area (Å²) >= 11 is 0. The molecule has 2 atom stereocenters. The summed E-state index contributed by atoms with van der Waals surface area (Å²) in [5, 5.41) is 3.03. The van der Waals surface area contributed by atoms with Crippen molar-refractivity contribution in [3.05, 3.63) is 35.9 Å². The lowest BCUT2D eigenvalue weighted by atomic mass is 9.93. The first-order valence-corrected chi connectivity index (χ1v) is 7.85. The zero-order valence-electron chi connectivity index (χ0n) is 14.1. The zero-order valence-corrected chi connectivity index (χ0v) is 14.1. The van der Waals surface area contributed by atoms with Crippen molar-refractivity contribution >= 4 is 11.8 Å². The Balaban J connectivity index is 2.31. The van der Waals surface area contributed by atoms with Crippen LogP contribution in [0.5, 0.6) is 0 Å². The number of likely N-dealkylation sites (tertiary alicyclic amines) is 1. The van der Waals surface area contributed by atoms with Crippen LogP contribution in [0.2, 0.25) is 0 Å². The summed E-state index contributed by atoms with van der Waals surface area (Å²) in [6.07, 6.45) is 0.982. The van der Waals surface area contributed by atoms with E-state index >= 15 is 0 Å². The fourth-order valence-electron chi connectivity index (χ4n) is 3.09. The van der Waals surface area contributed by atoms with Crippen LogP contribution in [0, 0.1) is 0 Å². The van der Waals surface area contributed by atoms with Gasteiger partial charge in [-0.15, -0.1) is 0 Å². The molecule has 1 N–H and O–H groups in total. The van der Waals surface area contributed by atoms with Gasteiger partial charge in [0.15, 0.2) is 0 Å². The first-order valence-electron chi connectivity index (χ1n) is 7.85. The minimum atomic E-state index is -0.792. The molecule has 1 unspecified atom stereocenters. The van der Waals surface area contributed by atoms with Gasteiger partial charge in [0, 0.05) is 12.0 Å². The number of nitrogens with one attached hydrogen (secondary N) is 1. The summed E-state index contributed by atoms with van der Waals surface area (Å²) < 4.78 is 0. The number of amides is 2. The SMILES string of the molecule is C[C@H](c1ccccc1)N1C(=O)CCC1(C)C(=O)NC(C)(C)C. The molecular formula is C18H26N2O2. The number of hydrogen-bond donors (Lipinski definition) is 1. The predicted octanol–water partition coefficient (Wildman–Crippen LogP) is 3.04. The molecular weight excluding hydrogens is 276 g/mol. The van der Waals surface area contributed by atoms with E-state index in [1.54, 1.807) is 4.90 Å². The Morgan fingerprint density at radius 2 is 1.86 bits per heavy atom. The maximum atomic E-state index is 12.8. The second-order valence-corrected chi connectivity index (χ2v) is 7.33. The minimum absolute atomic E-state index is 0.0444. The molecule has 1 saturated heterocycles. The lowest BCUT2D eigenvalue weighted by Crippen LogP contribution is -2.58. The number of nitrogens with zero attached hydrogens (tertiary/aromatic N) is 1. The molecule has 4 heteroatoms. The van der Waals surface area contributed by atoms with Crippen LogP contribution in [0.15, 0.2) is 30.3 Å². The first kappa shape index (κ1) is 16.5. The van der Waals surface area contributed by atoms with Gasteiger partial charge in [-0.3, -0.25) is 9.59 Å². The van der Waals surface area contributed by atoms with Gasteiger partial charge < -0.3 is 10.2 Å². The van der Waals surface area contributed by atoms with Gasteiger partial charge in [0.25, 0.3) is 0 Å². The van der Waals surface area contributed by atoms with Crippen molar-refractivity contribution in [2.45, 2.75) is 64.6 Å². The average molecular weight is 302 g/mol. The molecule has 0 spiro atoms. The third-order valence-corrected chi connectivity index (χ3v) is 4.27. The van der Waals surface area contributed by atoms with Gasteiger partial charge in [0.05, 0.1) is 6.04 Å². The Morgan fingerprint density at radius 1 is 1.27 bits per heavy atom. The third kappa shape index (κ3) is 3.16. The highest BCUT2D eigenvalue weighted by Crippen LogP contribution is 2.38. The topological polar surface area (TPSA) is 49.4 Å². The Kier molecular flexibility index (Phi) is 4.32.